The van der Waals surface area contributed by atoms with Crippen LogP contribution in [0.2, 0.25) is 5.02 Å². The molecule has 1 aromatic carbocycles. The Balaban J connectivity index is 1.83. The molecule has 7 nitrogen and oxygen atoms in total. The van der Waals surface area contributed by atoms with Crippen molar-refractivity contribution in [1.29, 1.82) is 0 Å². The number of nitrogens with zero attached hydrogens (tertiary/aromatic N) is 4. The molecule has 0 spiro atoms. The third-order valence-electron chi connectivity index (χ3n) is 4.70. The highest BCUT2D eigenvalue weighted by atomic mass is 35.5. The lowest BCUT2D eigenvalue weighted by molar-refractivity contribution is -0.137. The van der Waals surface area contributed by atoms with Crippen molar-refractivity contribution in [2.45, 2.75) is 26.1 Å². The van der Waals surface area contributed by atoms with Gasteiger partial charge in [0.1, 0.15) is 5.82 Å². The predicted octanol–water partition coefficient (Wildman–Crippen LogP) is 2.97. The largest absolute Gasteiger partial charge is 0.417 e. The van der Waals surface area contributed by atoms with E-state index in [-0.39, 0.29) is 18.7 Å². The maximum atomic E-state index is 13.1. The van der Waals surface area contributed by atoms with Gasteiger partial charge in [0, 0.05) is 31.3 Å². The number of carbonyl (C=O) groups is 1. The number of aromatic nitrogens is 2. The molecule has 1 aliphatic heterocycles. The Morgan fingerprint density at radius 3 is 2.69 bits per heavy atom. The van der Waals surface area contributed by atoms with Gasteiger partial charge in [-0.05, 0) is 19.1 Å². The lowest BCUT2D eigenvalue weighted by atomic mass is 10.1. The van der Waals surface area contributed by atoms with Crippen molar-refractivity contribution in [3.05, 3.63) is 58.0 Å². The van der Waals surface area contributed by atoms with Crippen molar-refractivity contribution in [2.75, 3.05) is 18.1 Å². The molecule has 29 heavy (non-hydrogen) atoms. The van der Waals surface area contributed by atoms with Gasteiger partial charge in [-0.1, -0.05) is 17.7 Å². The molecule has 1 amide bonds. The number of rotatable bonds is 4. The minimum atomic E-state index is -4.65. The second-order valence-corrected chi connectivity index (χ2v) is 6.87. The zero-order valence-electron chi connectivity index (χ0n) is 15.6. The molecule has 11 heteroatoms. The Morgan fingerprint density at radius 1 is 1.34 bits per heavy atom. The fourth-order valence-corrected chi connectivity index (χ4v) is 3.54. The van der Waals surface area contributed by atoms with Crippen molar-refractivity contribution < 1.29 is 18.0 Å². The molecule has 4 N–H and O–H groups in total. The topological polar surface area (TPSA) is 93.4 Å². The van der Waals surface area contributed by atoms with Gasteiger partial charge < -0.3 is 10.6 Å². The highest BCUT2D eigenvalue weighted by molar-refractivity contribution is 6.34. The quantitative estimate of drug-likeness (QED) is 0.577. The number of anilines is 1. The Morgan fingerprint density at radius 2 is 2.07 bits per heavy atom. The van der Waals surface area contributed by atoms with Gasteiger partial charge >= 0.3 is 6.18 Å². The molecule has 1 aliphatic rings. The highest BCUT2D eigenvalue weighted by Crippen LogP contribution is 2.36. The monoisotopic (exact) mass is 428 g/mol. The minimum Gasteiger partial charge on any atom is -0.399 e. The zero-order valence-corrected chi connectivity index (χ0v) is 16.3. The Bertz CT molecular complexity index is 955. The number of amides is 1. The lowest BCUT2D eigenvalue weighted by Crippen LogP contribution is -2.44. The van der Waals surface area contributed by atoms with Gasteiger partial charge in [-0.25, -0.2) is 10.5 Å². The molecule has 156 valence electrons. The molecule has 0 bridgehead atoms. The van der Waals surface area contributed by atoms with E-state index in [9.17, 15) is 18.0 Å². The van der Waals surface area contributed by atoms with E-state index in [1.165, 1.54) is 16.0 Å². The van der Waals surface area contributed by atoms with Crippen molar-refractivity contribution >= 4 is 23.3 Å². The van der Waals surface area contributed by atoms with Gasteiger partial charge in [0.2, 0.25) is 0 Å². The number of carbonyl (C=O) groups excluding carboxylic acids is 1. The lowest BCUT2D eigenvalue weighted by Gasteiger charge is -2.33. The first kappa shape index (κ1) is 21.0. The molecule has 2 heterocycles. The number of alkyl halides is 3. The molecular weight excluding hydrogens is 409 g/mol. The van der Waals surface area contributed by atoms with Gasteiger partial charge in [-0.2, -0.15) is 18.3 Å². The van der Waals surface area contributed by atoms with E-state index in [1.54, 1.807) is 16.9 Å². The third-order valence-corrected chi connectivity index (χ3v) is 5.11. The van der Waals surface area contributed by atoms with Gasteiger partial charge in [-0.3, -0.25) is 9.80 Å². The average Bonchev–Trinajstić information content (AvgIpc) is 3.15. The van der Waals surface area contributed by atoms with E-state index in [1.807, 2.05) is 6.92 Å². The van der Waals surface area contributed by atoms with Crippen LogP contribution in [0.15, 0.2) is 41.9 Å². The Labute approximate surface area is 170 Å². The second kappa shape index (κ2) is 7.96. The van der Waals surface area contributed by atoms with E-state index in [4.69, 9.17) is 23.2 Å². The van der Waals surface area contributed by atoms with Crippen molar-refractivity contribution in [3.8, 4) is 0 Å². The number of hydrazine groups is 1. The first-order valence-corrected chi connectivity index (χ1v) is 9.22. The molecule has 1 aromatic heterocycles. The number of hydrogen-bond donors (Lipinski definition) is 2. The van der Waals surface area contributed by atoms with Crippen LogP contribution in [0.25, 0.3) is 0 Å². The van der Waals surface area contributed by atoms with Gasteiger partial charge in [0.05, 0.1) is 34.6 Å². The summed E-state index contributed by atoms with van der Waals surface area (Å²) in [7, 11) is 0. The summed E-state index contributed by atoms with van der Waals surface area (Å²) in [5, 5.41) is 4.96. The van der Waals surface area contributed by atoms with Crippen molar-refractivity contribution in [1.82, 2.24) is 14.7 Å². The molecule has 3 rings (SSSR count). The fourth-order valence-electron chi connectivity index (χ4n) is 3.22. The van der Waals surface area contributed by atoms with Crippen LogP contribution in [0.3, 0.4) is 0 Å². The number of benzene rings is 1. The molecule has 0 unspecified atom stereocenters. The normalized spacial score (nSPS) is 15.0. The minimum absolute atomic E-state index is 0.0225. The zero-order chi connectivity index (χ0) is 21.3. The summed E-state index contributed by atoms with van der Waals surface area (Å²) in [6.45, 7) is 2.79. The molecule has 2 aromatic rings. The summed E-state index contributed by atoms with van der Waals surface area (Å²) < 4.78 is 40.9. The van der Waals surface area contributed by atoms with E-state index < -0.39 is 22.7 Å². The fraction of sp³-hybridized carbons (Fsp3) is 0.333. The molecule has 0 fully saturated rings. The first-order valence-electron chi connectivity index (χ1n) is 8.84. The maximum absolute atomic E-state index is 13.1. The SMILES string of the molecule is CCn1nccc1N(N)C1=C(N)CN(C(=O)c2cccc(C(F)(F)F)c2Cl)CC1. The van der Waals surface area contributed by atoms with Crippen LogP contribution < -0.4 is 16.6 Å². The molecule has 0 saturated carbocycles. The van der Waals surface area contributed by atoms with Gasteiger partial charge in [-0.15, -0.1) is 0 Å². The Kier molecular flexibility index (Phi) is 5.76. The molecule has 0 radical (unpaired) electrons. The highest BCUT2D eigenvalue weighted by Gasteiger charge is 2.35. The summed E-state index contributed by atoms with van der Waals surface area (Å²) in [6.07, 6.45) is -2.70. The van der Waals surface area contributed by atoms with E-state index in [2.05, 4.69) is 5.10 Å². The van der Waals surface area contributed by atoms with Crippen LogP contribution in [-0.2, 0) is 12.7 Å². The van der Waals surface area contributed by atoms with E-state index in [0.717, 1.165) is 12.1 Å². The summed E-state index contributed by atoms with van der Waals surface area (Å²) in [6, 6.07) is 5.00. The summed E-state index contributed by atoms with van der Waals surface area (Å²) >= 11 is 5.88. The van der Waals surface area contributed by atoms with Gasteiger partial charge in [0.25, 0.3) is 5.91 Å². The van der Waals surface area contributed by atoms with E-state index >= 15 is 0 Å². The van der Waals surface area contributed by atoms with E-state index in [0.29, 0.717) is 30.2 Å². The van der Waals surface area contributed by atoms with Crippen LogP contribution in [0.4, 0.5) is 19.0 Å². The summed E-state index contributed by atoms with van der Waals surface area (Å²) in [5.41, 5.74) is 5.85. The second-order valence-electron chi connectivity index (χ2n) is 6.49. The van der Waals surface area contributed by atoms with Crippen LogP contribution in [0, 0.1) is 0 Å². The van der Waals surface area contributed by atoms with Crippen molar-refractivity contribution in [3.63, 3.8) is 0 Å². The standard InChI is InChI=1S/C18H20ClF3N6O/c1-2-27-15(6-8-25-27)28(24)14-7-9-26(10-13(14)23)17(29)11-4-3-5-12(16(11)19)18(20,21)22/h3-6,8H,2,7,9-10,23-24H2,1H3. The maximum Gasteiger partial charge on any atom is 0.417 e. The average molecular weight is 429 g/mol. The number of halogens is 4. The molecular formula is C18H20ClF3N6O. The summed E-state index contributed by atoms with van der Waals surface area (Å²) in [5.74, 6) is 6.22. The Hall–Kier alpha value is -2.72. The van der Waals surface area contributed by atoms with Crippen LogP contribution in [-0.4, -0.2) is 33.7 Å². The number of hydrogen-bond acceptors (Lipinski definition) is 5. The number of aryl methyl sites for hydroxylation is 1. The predicted molar refractivity (Wildman–Crippen MR) is 103 cm³/mol. The van der Waals surface area contributed by atoms with Crippen LogP contribution in [0.1, 0.15) is 29.3 Å². The summed E-state index contributed by atoms with van der Waals surface area (Å²) in [4.78, 5) is 14.1. The van der Waals surface area contributed by atoms with Gasteiger partial charge in [0.15, 0.2) is 0 Å². The molecule has 0 atom stereocenters. The smallest absolute Gasteiger partial charge is 0.399 e. The number of nitrogens with two attached hydrogens (primary N) is 2. The molecule has 0 saturated heterocycles. The van der Waals surface area contributed by atoms with Crippen LogP contribution in [0.5, 0.6) is 0 Å². The third kappa shape index (κ3) is 4.03. The van der Waals surface area contributed by atoms with Crippen molar-refractivity contribution in [2.24, 2.45) is 11.6 Å². The molecule has 0 aliphatic carbocycles. The van der Waals surface area contributed by atoms with Crippen LogP contribution >= 0.6 is 11.6 Å². The first-order chi connectivity index (χ1) is 13.6.